The van der Waals surface area contributed by atoms with Crippen LogP contribution in [0.5, 0.6) is 0 Å². The number of aliphatic hydroxyl groups excluding tert-OH is 1. The van der Waals surface area contributed by atoms with Crippen LogP contribution in [0.3, 0.4) is 0 Å². The van der Waals surface area contributed by atoms with Gasteiger partial charge in [0.15, 0.2) is 9.84 Å². The monoisotopic (exact) mass is 570 g/mol. The number of amides is 1. The SMILES string of the molecule is CC(C)(C)Cc1ccc2c(c1)[C@@H](NC[C@@H](O)[C@H](Cc1cc(F)cc(F)c1)NC(=O)c1ccccc1)CS(=O)(=O)C2. The number of fused-ring (bicyclic) bond motifs is 1. The molecule has 6 nitrogen and oxygen atoms in total. The summed E-state index contributed by atoms with van der Waals surface area (Å²) in [5.41, 5.74) is 3.39. The molecule has 0 aromatic heterocycles. The number of aliphatic hydroxyl groups is 1. The second-order valence-corrected chi connectivity index (χ2v) is 13.9. The van der Waals surface area contributed by atoms with Crippen molar-refractivity contribution in [1.29, 1.82) is 0 Å². The van der Waals surface area contributed by atoms with E-state index in [-0.39, 0.29) is 35.4 Å². The lowest BCUT2D eigenvalue weighted by atomic mass is 9.86. The van der Waals surface area contributed by atoms with Crippen LogP contribution in [0.25, 0.3) is 0 Å². The van der Waals surface area contributed by atoms with Crippen LogP contribution >= 0.6 is 0 Å². The predicted octanol–water partition coefficient (Wildman–Crippen LogP) is 4.51. The molecule has 4 rings (SSSR count). The van der Waals surface area contributed by atoms with Crippen molar-refractivity contribution in [3.05, 3.63) is 106 Å². The first-order valence-electron chi connectivity index (χ1n) is 13.3. The summed E-state index contributed by atoms with van der Waals surface area (Å²) >= 11 is 0. The Balaban J connectivity index is 1.55. The fourth-order valence-electron chi connectivity index (χ4n) is 5.14. The van der Waals surface area contributed by atoms with Crippen LogP contribution in [0.1, 0.15) is 59.4 Å². The zero-order valence-electron chi connectivity index (χ0n) is 23.0. The van der Waals surface area contributed by atoms with Crippen LogP contribution in [0, 0.1) is 17.0 Å². The molecule has 40 heavy (non-hydrogen) atoms. The number of halogens is 2. The summed E-state index contributed by atoms with van der Waals surface area (Å²) in [7, 11) is -3.37. The third-order valence-corrected chi connectivity index (χ3v) is 8.48. The second-order valence-electron chi connectivity index (χ2n) is 11.8. The fourth-order valence-corrected chi connectivity index (χ4v) is 6.80. The Morgan fingerprint density at radius 2 is 1.68 bits per heavy atom. The topological polar surface area (TPSA) is 95.5 Å². The largest absolute Gasteiger partial charge is 0.390 e. The number of carbonyl (C=O) groups is 1. The maximum atomic E-state index is 13.9. The van der Waals surface area contributed by atoms with E-state index in [1.165, 1.54) is 0 Å². The first kappa shape index (κ1) is 29.8. The molecule has 0 unspecified atom stereocenters. The molecule has 0 saturated heterocycles. The molecular formula is C31H36F2N2O4S. The van der Waals surface area contributed by atoms with Crippen molar-refractivity contribution in [3.63, 3.8) is 0 Å². The Morgan fingerprint density at radius 1 is 1.00 bits per heavy atom. The van der Waals surface area contributed by atoms with Gasteiger partial charge < -0.3 is 15.7 Å². The molecule has 1 aliphatic rings. The van der Waals surface area contributed by atoms with Crippen molar-refractivity contribution in [3.8, 4) is 0 Å². The van der Waals surface area contributed by atoms with E-state index in [9.17, 15) is 27.1 Å². The summed E-state index contributed by atoms with van der Waals surface area (Å²) in [6.07, 6.45) is -0.407. The summed E-state index contributed by atoms with van der Waals surface area (Å²) in [6, 6.07) is 15.9. The van der Waals surface area contributed by atoms with E-state index in [4.69, 9.17) is 0 Å². The van der Waals surface area contributed by atoms with E-state index >= 15 is 0 Å². The molecule has 3 N–H and O–H groups in total. The lowest BCUT2D eigenvalue weighted by Crippen LogP contribution is -2.50. The van der Waals surface area contributed by atoms with E-state index in [0.29, 0.717) is 5.56 Å². The fraction of sp³-hybridized carbons (Fsp3) is 0.387. The highest BCUT2D eigenvalue weighted by Crippen LogP contribution is 2.31. The van der Waals surface area contributed by atoms with Crippen molar-refractivity contribution in [1.82, 2.24) is 10.6 Å². The molecule has 0 saturated carbocycles. The number of sulfone groups is 1. The number of hydrogen-bond acceptors (Lipinski definition) is 5. The smallest absolute Gasteiger partial charge is 0.251 e. The molecule has 3 aromatic rings. The van der Waals surface area contributed by atoms with E-state index in [1.54, 1.807) is 30.3 Å². The third kappa shape index (κ3) is 8.19. The molecule has 3 atom stereocenters. The Morgan fingerprint density at radius 3 is 2.33 bits per heavy atom. The minimum Gasteiger partial charge on any atom is -0.390 e. The van der Waals surface area contributed by atoms with Crippen molar-refractivity contribution in [2.24, 2.45) is 5.41 Å². The third-order valence-electron chi connectivity index (χ3n) is 6.88. The first-order valence-corrected chi connectivity index (χ1v) is 15.1. The lowest BCUT2D eigenvalue weighted by molar-refractivity contribution is 0.0825. The van der Waals surface area contributed by atoms with Crippen LogP contribution in [0.15, 0.2) is 66.7 Å². The molecule has 0 aliphatic carbocycles. The van der Waals surface area contributed by atoms with Crippen LogP contribution in [-0.2, 0) is 28.4 Å². The summed E-state index contributed by atoms with van der Waals surface area (Å²) < 4.78 is 53.2. The molecule has 3 aromatic carbocycles. The van der Waals surface area contributed by atoms with Gasteiger partial charge in [-0.15, -0.1) is 0 Å². The van der Waals surface area contributed by atoms with Gasteiger partial charge in [-0.3, -0.25) is 4.79 Å². The van der Waals surface area contributed by atoms with E-state index < -0.39 is 45.6 Å². The molecule has 1 heterocycles. The average molecular weight is 571 g/mol. The maximum Gasteiger partial charge on any atom is 0.251 e. The quantitative estimate of drug-likeness (QED) is 0.352. The van der Waals surface area contributed by atoms with Crippen LogP contribution in [0.2, 0.25) is 0 Å². The summed E-state index contributed by atoms with van der Waals surface area (Å²) in [4.78, 5) is 12.9. The van der Waals surface area contributed by atoms with Gasteiger partial charge in [-0.1, -0.05) is 57.2 Å². The number of hydrogen-bond donors (Lipinski definition) is 3. The van der Waals surface area contributed by atoms with Gasteiger partial charge in [0.1, 0.15) is 11.6 Å². The van der Waals surface area contributed by atoms with Gasteiger partial charge in [-0.25, -0.2) is 17.2 Å². The Labute approximate surface area is 234 Å². The van der Waals surface area contributed by atoms with Gasteiger partial charge in [0.05, 0.1) is 23.7 Å². The number of carbonyl (C=O) groups excluding carboxylic acids is 1. The van der Waals surface area contributed by atoms with Gasteiger partial charge in [-0.05, 0) is 64.8 Å². The highest BCUT2D eigenvalue weighted by molar-refractivity contribution is 7.90. The number of rotatable bonds is 9. The van der Waals surface area contributed by atoms with Crippen molar-refractivity contribution in [2.75, 3.05) is 12.3 Å². The lowest BCUT2D eigenvalue weighted by Gasteiger charge is -2.31. The summed E-state index contributed by atoms with van der Waals surface area (Å²) in [5.74, 6) is -2.13. The van der Waals surface area contributed by atoms with Crippen LogP contribution < -0.4 is 10.6 Å². The highest BCUT2D eigenvalue weighted by Gasteiger charge is 2.32. The number of benzene rings is 3. The van der Waals surface area contributed by atoms with Gasteiger partial charge >= 0.3 is 0 Å². The van der Waals surface area contributed by atoms with Crippen molar-refractivity contribution >= 4 is 15.7 Å². The molecule has 9 heteroatoms. The first-order chi connectivity index (χ1) is 18.8. The van der Waals surface area contributed by atoms with E-state index in [1.807, 2.05) is 18.2 Å². The summed E-state index contributed by atoms with van der Waals surface area (Å²) in [6.45, 7) is 6.35. The average Bonchev–Trinajstić information content (AvgIpc) is 2.85. The molecule has 0 radical (unpaired) electrons. The number of nitrogens with one attached hydrogen (secondary N) is 2. The minimum atomic E-state index is -3.37. The molecule has 0 bridgehead atoms. The molecule has 1 amide bonds. The predicted molar refractivity (Wildman–Crippen MR) is 152 cm³/mol. The van der Waals surface area contributed by atoms with E-state index in [2.05, 4.69) is 31.4 Å². The Kier molecular flexibility index (Phi) is 9.07. The standard InChI is InChI=1S/C31H36F2N2O4S/c1-31(2,3)16-20-9-10-23-18-40(38,39)19-28(26(23)13-20)34-17-29(36)27(14-21-11-24(32)15-25(33)12-21)35-30(37)22-7-5-4-6-8-22/h4-13,15,27-29,34,36H,14,16-19H2,1-3H3,(H,35,37)/t27-,28-,29+/m0/s1. The maximum absolute atomic E-state index is 13.9. The molecule has 0 spiro atoms. The van der Waals surface area contributed by atoms with Gasteiger partial charge in [0.25, 0.3) is 5.91 Å². The Hall–Kier alpha value is -3.14. The van der Waals surface area contributed by atoms with E-state index in [0.717, 1.165) is 41.3 Å². The zero-order chi connectivity index (χ0) is 29.1. The van der Waals surface area contributed by atoms with Crippen molar-refractivity contribution < 1.29 is 27.1 Å². The van der Waals surface area contributed by atoms with Crippen molar-refractivity contribution in [2.45, 2.75) is 57.6 Å². The molecule has 0 fully saturated rings. The van der Waals surface area contributed by atoms with Gasteiger partial charge in [0, 0.05) is 24.2 Å². The van der Waals surface area contributed by atoms with Gasteiger partial charge in [0.2, 0.25) is 0 Å². The minimum absolute atomic E-state index is 0.0363. The zero-order valence-corrected chi connectivity index (χ0v) is 23.8. The summed E-state index contributed by atoms with van der Waals surface area (Å²) in [5, 5.41) is 17.2. The van der Waals surface area contributed by atoms with Crippen LogP contribution in [0.4, 0.5) is 8.78 Å². The highest BCUT2D eigenvalue weighted by atomic mass is 32.2. The molecule has 214 valence electrons. The Bertz CT molecular complexity index is 1440. The normalized spacial score (nSPS) is 18.0. The molecule has 1 aliphatic heterocycles. The molecular weight excluding hydrogens is 534 g/mol. The second kappa shape index (κ2) is 12.2. The van der Waals surface area contributed by atoms with Crippen LogP contribution in [-0.4, -0.2) is 43.9 Å². The van der Waals surface area contributed by atoms with Gasteiger partial charge in [-0.2, -0.15) is 0 Å².